The lowest BCUT2D eigenvalue weighted by Gasteiger charge is -2.34. The highest BCUT2D eigenvalue weighted by atomic mass is 32.2. The fraction of sp³-hybridized carbons (Fsp3) is 0.857. The summed E-state index contributed by atoms with van der Waals surface area (Å²) in [6.07, 6.45) is 0.458. The number of carboxylic acid groups (broad SMARTS) is 1. The molecule has 0 bridgehead atoms. The second kappa shape index (κ2) is 3.67. The van der Waals surface area contributed by atoms with Crippen LogP contribution < -0.4 is 0 Å². The third-order valence-electron chi connectivity index (χ3n) is 2.33. The fourth-order valence-corrected chi connectivity index (χ4v) is 2.34. The maximum Gasteiger partial charge on any atom is 0.312 e. The number of aliphatic carboxylic acids is 1. The molecule has 0 aromatic carbocycles. The van der Waals surface area contributed by atoms with Gasteiger partial charge in [0, 0.05) is 6.54 Å². The summed E-state index contributed by atoms with van der Waals surface area (Å²) in [5, 5.41) is 8.51. The van der Waals surface area contributed by atoms with Gasteiger partial charge in [-0.3, -0.25) is 4.79 Å². The Kier molecular flexibility index (Phi) is 3.01. The van der Waals surface area contributed by atoms with E-state index in [1.165, 1.54) is 0 Å². The van der Waals surface area contributed by atoms with Gasteiger partial charge in [0.25, 0.3) is 5.92 Å². The second-order valence-electron chi connectivity index (χ2n) is 3.54. The summed E-state index contributed by atoms with van der Waals surface area (Å²) >= 11 is 0. The predicted molar refractivity (Wildman–Crippen MR) is 47.1 cm³/mol. The molecule has 5 nitrogen and oxygen atoms in total. The van der Waals surface area contributed by atoms with Crippen LogP contribution in [0.2, 0.25) is 0 Å². The Morgan fingerprint density at radius 2 is 2.07 bits per heavy atom. The monoisotopic (exact) mass is 243 g/mol. The van der Waals surface area contributed by atoms with Gasteiger partial charge >= 0.3 is 5.97 Å². The van der Waals surface area contributed by atoms with E-state index in [4.69, 9.17) is 5.11 Å². The van der Waals surface area contributed by atoms with Crippen LogP contribution in [0.5, 0.6) is 0 Å². The summed E-state index contributed by atoms with van der Waals surface area (Å²) < 4.78 is 49.0. The Morgan fingerprint density at radius 1 is 1.53 bits per heavy atom. The van der Waals surface area contributed by atoms with Crippen molar-refractivity contribution in [2.75, 3.05) is 19.3 Å². The minimum Gasteiger partial charge on any atom is -0.481 e. The number of halogens is 2. The summed E-state index contributed by atoms with van der Waals surface area (Å²) in [7, 11) is -3.69. The van der Waals surface area contributed by atoms with Crippen LogP contribution in [-0.2, 0) is 14.8 Å². The molecular formula is C7H11F2NO4S. The Bertz CT molecular complexity index is 367. The van der Waals surface area contributed by atoms with Gasteiger partial charge in [-0.05, 0) is 6.42 Å². The van der Waals surface area contributed by atoms with Crippen molar-refractivity contribution in [2.24, 2.45) is 5.92 Å². The highest BCUT2D eigenvalue weighted by molar-refractivity contribution is 7.88. The molecule has 1 atom stereocenters. The van der Waals surface area contributed by atoms with E-state index in [9.17, 15) is 22.0 Å². The fourth-order valence-electron chi connectivity index (χ4n) is 1.50. The number of alkyl halides is 2. The SMILES string of the molecule is CS(=O)(=O)N1CCC(C(=O)O)C(F)(F)C1. The zero-order chi connectivity index (χ0) is 11.9. The first kappa shape index (κ1) is 12.3. The standard InChI is InChI=1S/C7H11F2NO4S/c1-15(13,14)10-3-2-5(6(11)12)7(8,9)4-10/h5H,2-4H2,1H3,(H,11,12). The highest BCUT2D eigenvalue weighted by Crippen LogP contribution is 2.33. The average Bonchev–Trinajstić information content (AvgIpc) is 1.99. The smallest absolute Gasteiger partial charge is 0.312 e. The van der Waals surface area contributed by atoms with Gasteiger partial charge in [-0.2, -0.15) is 4.31 Å². The Balaban J connectivity index is 2.86. The maximum absolute atomic E-state index is 13.2. The van der Waals surface area contributed by atoms with Crippen molar-refractivity contribution in [3.05, 3.63) is 0 Å². The normalized spacial score (nSPS) is 27.5. The molecule has 1 aliphatic rings. The molecule has 1 saturated heterocycles. The van der Waals surface area contributed by atoms with Crippen molar-refractivity contribution in [1.82, 2.24) is 4.31 Å². The molecule has 1 unspecified atom stereocenters. The number of hydrogen-bond acceptors (Lipinski definition) is 3. The lowest BCUT2D eigenvalue weighted by molar-refractivity contribution is -0.163. The van der Waals surface area contributed by atoms with Crippen LogP contribution in [0, 0.1) is 5.92 Å². The molecule has 88 valence electrons. The third kappa shape index (κ3) is 2.63. The molecule has 0 amide bonds. The van der Waals surface area contributed by atoms with Crippen molar-refractivity contribution < 1.29 is 27.1 Å². The first-order valence-electron chi connectivity index (χ1n) is 4.20. The lowest BCUT2D eigenvalue weighted by atomic mass is 9.94. The van der Waals surface area contributed by atoms with E-state index in [1.54, 1.807) is 0 Å². The molecule has 15 heavy (non-hydrogen) atoms. The van der Waals surface area contributed by atoms with Crippen LogP contribution in [0.4, 0.5) is 8.78 Å². The van der Waals surface area contributed by atoms with Crippen LogP contribution in [0.1, 0.15) is 6.42 Å². The van der Waals surface area contributed by atoms with Gasteiger partial charge in [-0.25, -0.2) is 17.2 Å². The molecule has 0 aliphatic carbocycles. The molecule has 0 aromatic heterocycles. The van der Waals surface area contributed by atoms with Gasteiger partial charge in [0.05, 0.1) is 12.8 Å². The minimum absolute atomic E-state index is 0.175. The van der Waals surface area contributed by atoms with Crippen LogP contribution >= 0.6 is 0 Å². The van der Waals surface area contributed by atoms with E-state index in [-0.39, 0.29) is 13.0 Å². The van der Waals surface area contributed by atoms with E-state index in [2.05, 4.69) is 0 Å². The van der Waals surface area contributed by atoms with E-state index in [1.807, 2.05) is 0 Å². The highest BCUT2D eigenvalue weighted by Gasteiger charge is 2.50. The number of nitrogens with zero attached hydrogens (tertiary/aromatic N) is 1. The number of carboxylic acids is 1. The third-order valence-corrected chi connectivity index (χ3v) is 3.58. The van der Waals surface area contributed by atoms with Gasteiger partial charge in [0.15, 0.2) is 0 Å². The first-order valence-corrected chi connectivity index (χ1v) is 6.05. The Morgan fingerprint density at radius 3 is 2.40 bits per heavy atom. The van der Waals surface area contributed by atoms with Crippen molar-refractivity contribution in [1.29, 1.82) is 0 Å². The lowest BCUT2D eigenvalue weighted by Crippen LogP contribution is -2.52. The van der Waals surface area contributed by atoms with Crippen molar-refractivity contribution in [2.45, 2.75) is 12.3 Å². The number of hydrogen-bond donors (Lipinski definition) is 1. The minimum atomic E-state index is -3.69. The summed E-state index contributed by atoms with van der Waals surface area (Å²) in [4.78, 5) is 10.5. The van der Waals surface area contributed by atoms with Gasteiger partial charge in [-0.15, -0.1) is 0 Å². The molecule has 1 rings (SSSR count). The molecule has 1 aliphatic heterocycles. The maximum atomic E-state index is 13.2. The van der Waals surface area contributed by atoms with Crippen LogP contribution in [-0.4, -0.2) is 49.1 Å². The number of piperidine rings is 1. The molecule has 0 saturated carbocycles. The predicted octanol–water partition coefficient (Wildman–Crippen LogP) is -0.0122. The van der Waals surface area contributed by atoms with E-state index in [0.717, 1.165) is 6.26 Å². The molecule has 0 radical (unpaired) electrons. The van der Waals surface area contributed by atoms with E-state index >= 15 is 0 Å². The summed E-state index contributed by atoms with van der Waals surface area (Å²) in [5.41, 5.74) is 0. The topological polar surface area (TPSA) is 74.7 Å². The number of carbonyl (C=O) groups is 1. The molecule has 0 spiro atoms. The number of rotatable bonds is 2. The Hall–Kier alpha value is -0.760. The summed E-state index contributed by atoms with van der Waals surface area (Å²) in [6.45, 7) is -1.23. The van der Waals surface area contributed by atoms with Crippen molar-refractivity contribution in [3.63, 3.8) is 0 Å². The second-order valence-corrected chi connectivity index (χ2v) is 5.52. The molecule has 1 heterocycles. The summed E-state index contributed by atoms with van der Waals surface area (Å²) in [5.74, 6) is -6.89. The zero-order valence-corrected chi connectivity index (χ0v) is 8.80. The molecule has 0 aromatic rings. The van der Waals surface area contributed by atoms with E-state index < -0.39 is 34.4 Å². The Labute approximate surface area is 85.7 Å². The van der Waals surface area contributed by atoms with Gasteiger partial charge in [0.1, 0.15) is 5.92 Å². The molecule has 8 heteroatoms. The molecule has 1 fully saturated rings. The van der Waals surface area contributed by atoms with Gasteiger partial charge < -0.3 is 5.11 Å². The van der Waals surface area contributed by atoms with Gasteiger partial charge in [-0.1, -0.05) is 0 Å². The summed E-state index contributed by atoms with van der Waals surface area (Å²) in [6, 6.07) is 0. The zero-order valence-electron chi connectivity index (χ0n) is 7.98. The van der Waals surface area contributed by atoms with Crippen molar-refractivity contribution in [3.8, 4) is 0 Å². The average molecular weight is 243 g/mol. The van der Waals surface area contributed by atoms with Crippen LogP contribution in [0.15, 0.2) is 0 Å². The first-order chi connectivity index (χ1) is 6.64. The van der Waals surface area contributed by atoms with Gasteiger partial charge in [0.2, 0.25) is 10.0 Å². The molecular weight excluding hydrogens is 232 g/mol. The van der Waals surface area contributed by atoms with Crippen LogP contribution in [0.3, 0.4) is 0 Å². The quantitative estimate of drug-likeness (QED) is 0.740. The molecule has 1 N–H and O–H groups in total. The number of sulfonamides is 1. The van der Waals surface area contributed by atoms with Crippen molar-refractivity contribution >= 4 is 16.0 Å². The van der Waals surface area contributed by atoms with E-state index in [0.29, 0.717) is 4.31 Å². The van der Waals surface area contributed by atoms with Crippen LogP contribution in [0.25, 0.3) is 0 Å². The largest absolute Gasteiger partial charge is 0.481 e.